The summed E-state index contributed by atoms with van der Waals surface area (Å²) in [4.78, 5) is 10.6. The molecule has 2 aliphatic heterocycles. The highest BCUT2D eigenvalue weighted by Crippen LogP contribution is 2.21. The number of likely N-dealkylation sites (N-methyl/N-ethyl adjacent to an activating group) is 1. The van der Waals surface area contributed by atoms with Gasteiger partial charge in [0.25, 0.3) is 0 Å². The van der Waals surface area contributed by atoms with Gasteiger partial charge in [-0.1, -0.05) is 6.92 Å². The van der Waals surface area contributed by atoms with E-state index in [1.165, 1.54) is 65.4 Å². The molecule has 0 aromatic carbocycles. The van der Waals surface area contributed by atoms with Gasteiger partial charge in [-0.2, -0.15) is 0 Å². The molecule has 2 heterocycles. The Morgan fingerprint density at radius 1 is 0.636 bits per heavy atom. The van der Waals surface area contributed by atoms with E-state index in [1.807, 2.05) is 0 Å². The maximum Gasteiger partial charge on any atom is 0.0281 e. The maximum absolute atomic E-state index is 2.70. The van der Waals surface area contributed by atoms with E-state index in [-0.39, 0.29) is 0 Å². The van der Waals surface area contributed by atoms with Crippen molar-refractivity contribution in [2.45, 2.75) is 52.6 Å². The molecule has 0 atom stereocenters. The first-order valence-electron chi connectivity index (χ1n) is 9.17. The Labute approximate surface area is 138 Å². The molecule has 0 spiro atoms. The second kappa shape index (κ2) is 7.16. The molecular formula is C18H38N4. The zero-order valence-corrected chi connectivity index (χ0v) is 15.9. The van der Waals surface area contributed by atoms with Gasteiger partial charge in [0.15, 0.2) is 0 Å². The molecule has 0 aromatic heterocycles. The van der Waals surface area contributed by atoms with Crippen LogP contribution < -0.4 is 0 Å². The first-order chi connectivity index (χ1) is 10.2. The molecule has 2 rings (SSSR count). The molecule has 0 N–H and O–H groups in total. The second-order valence-electron chi connectivity index (χ2n) is 8.67. The van der Waals surface area contributed by atoms with Gasteiger partial charge in [-0.25, -0.2) is 0 Å². The number of hydrogen-bond acceptors (Lipinski definition) is 4. The molecule has 0 aromatic rings. The molecule has 0 bridgehead atoms. The van der Waals surface area contributed by atoms with Gasteiger partial charge in [0, 0.05) is 70.0 Å². The van der Waals surface area contributed by atoms with E-state index in [2.05, 4.69) is 61.1 Å². The minimum Gasteiger partial charge on any atom is -0.301 e. The van der Waals surface area contributed by atoms with Crippen LogP contribution in [0, 0.1) is 0 Å². The Kier molecular flexibility index (Phi) is 5.92. The summed E-state index contributed by atoms with van der Waals surface area (Å²) in [6.45, 7) is 26.3. The van der Waals surface area contributed by atoms with Crippen molar-refractivity contribution in [2.24, 2.45) is 0 Å². The quantitative estimate of drug-likeness (QED) is 0.785. The number of hydrogen-bond donors (Lipinski definition) is 0. The molecule has 2 saturated heterocycles. The molecule has 0 unspecified atom stereocenters. The molecule has 4 heteroatoms. The summed E-state index contributed by atoms with van der Waals surface area (Å²) in [5.41, 5.74) is 0.613. The van der Waals surface area contributed by atoms with E-state index < -0.39 is 0 Å². The fraction of sp³-hybridized carbons (Fsp3) is 1.00. The van der Waals surface area contributed by atoms with Gasteiger partial charge in [-0.15, -0.1) is 0 Å². The predicted molar refractivity (Wildman–Crippen MR) is 95.5 cm³/mol. The lowest BCUT2D eigenvalue weighted by Crippen LogP contribution is -2.61. The highest BCUT2D eigenvalue weighted by Gasteiger charge is 2.33. The Morgan fingerprint density at radius 2 is 1.09 bits per heavy atom. The standard InChI is InChI=1S/C18H38N4/c1-7-19-8-14-22(15-9-19)18(5,6)16-20-10-12-21(13-11-20)17(2,3)4/h7-16H2,1-6H3. The van der Waals surface area contributed by atoms with Crippen LogP contribution >= 0.6 is 0 Å². The predicted octanol–water partition coefficient (Wildman–Crippen LogP) is 1.82. The molecule has 130 valence electrons. The molecule has 2 aliphatic rings. The molecular weight excluding hydrogens is 272 g/mol. The Hall–Kier alpha value is -0.160. The summed E-state index contributed by atoms with van der Waals surface area (Å²) in [6, 6.07) is 0. The van der Waals surface area contributed by atoms with Gasteiger partial charge in [-0.3, -0.25) is 14.7 Å². The van der Waals surface area contributed by atoms with Crippen LogP contribution in [-0.2, 0) is 0 Å². The van der Waals surface area contributed by atoms with Crippen molar-refractivity contribution in [2.75, 3.05) is 65.4 Å². The van der Waals surface area contributed by atoms with Crippen molar-refractivity contribution in [1.82, 2.24) is 19.6 Å². The zero-order valence-electron chi connectivity index (χ0n) is 15.9. The second-order valence-corrected chi connectivity index (χ2v) is 8.67. The van der Waals surface area contributed by atoms with Crippen LogP contribution in [0.15, 0.2) is 0 Å². The maximum atomic E-state index is 2.70. The molecule has 0 aliphatic carbocycles. The first-order valence-corrected chi connectivity index (χ1v) is 9.17. The van der Waals surface area contributed by atoms with Gasteiger partial charge in [0.1, 0.15) is 0 Å². The fourth-order valence-corrected chi connectivity index (χ4v) is 3.89. The molecule has 2 fully saturated rings. The number of piperazine rings is 2. The van der Waals surface area contributed by atoms with Crippen LogP contribution in [0.5, 0.6) is 0 Å². The summed E-state index contributed by atoms with van der Waals surface area (Å²) < 4.78 is 0. The van der Waals surface area contributed by atoms with E-state index in [0.717, 1.165) is 0 Å². The largest absolute Gasteiger partial charge is 0.301 e. The Balaban J connectivity index is 1.80. The van der Waals surface area contributed by atoms with Crippen LogP contribution in [-0.4, -0.2) is 96.1 Å². The third-order valence-corrected chi connectivity index (χ3v) is 5.61. The summed E-state index contributed by atoms with van der Waals surface area (Å²) >= 11 is 0. The molecule has 0 radical (unpaired) electrons. The van der Waals surface area contributed by atoms with E-state index in [0.29, 0.717) is 11.1 Å². The molecule has 4 nitrogen and oxygen atoms in total. The lowest BCUT2D eigenvalue weighted by molar-refractivity contribution is 0.00496. The summed E-state index contributed by atoms with van der Waals surface area (Å²) in [6.07, 6.45) is 0. The minimum absolute atomic E-state index is 0.295. The van der Waals surface area contributed by atoms with E-state index in [9.17, 15) is 0 Å². The van der Waals surface area contributed by atoms with Crippen molar-refractivity contribution in [1.29, 1.82) is 0 Å². The lowest BCUT2D eigenvalue weighted by Gasteiger charge is -2.48. The zero-order chi connectivity index (χ0) is 16.4. The number of nitrogens with zero attached hydrogens (tertiary/aromatic N) is 4. The third kappa shape index (κ3) is 4.67. The van der Waals surface area contributed by atoms with E-state index in [4.69, 9.17) is 0 Å². The SMILES string of the molecule is CCN1CCN(C(C)(C)CN2CCN(C(C)(C)C)CC2)CC1. The van der Waals surface area contributed by atoms with Gasteiger partial charge in [0.2, 0.25) is 0 Å². The highest BCUT2D eigenvalue weighted by molar-refractivity contribution is 4.90. The normalized spacial score (nSPS) is 24.8. The molecule has 22 heavy (non-hydrogen) atoms. The van der Waals surface area contributed by atoms with Crippen molar-refractivity contribution in [3.05, 3.63) is 0 Å². The van der Waals surface area contributed by atoms with Crippen LogP contribution in [0.25, 0.3) is 0 Å². The third-order valence-electron chi connectivity index (χ3n) is 5.61. The first kappa shape index (κ1) is 18.2. The van der Waals surface area contributed by atoms with Crippen molar-refractivity contribution >= 4 is 0 Å². The van der Waals surface area contributed by atoms with Crippen molar-refractivity contribution in [3.63, 3.8) is 0 Å². The lowest BCUT2D eigenvalue weighted by atomic mass is 9.99. The summed E-state index contributed by atoms with van der Waals surface area (Å²) in [5, 5.41) is 0. The van der Waals surface area contributed by atoms with Crippen LogP contribution in [0.1, 0.15) is 41.5 Å². The summed E-state index contributed by atoms with van der Waals surface area (Å²) in [7, 11) is 0. The summed E-state index contributed by atoms with van der Waals surface area (Å²) in [5.74, 6) is 0. The van der Waals surface area contributed by atoms with Crippen LogP contribution in [0.4, 0.5) is 0 Å². The van der Waals surface area contributed by atoms with Crippen LogP contribution in [0.3, 0.4) is 0 Å². The smallest absolute Gasteiger partial charge is 0.0281 e. The van der Waals surface area contributed by atoms with Gasteiger partial charge >= 0.3 is 0 Å². The van der Waals surface area contributed by atoms with Gasteiger partial charge < -0.3 is 4.90 Å². The topological polar surface area (TPSA) is 13.0 Å². The van der Waals surface area contributed by atoms with Gasteiger partial charge in [-0.05, 0) is 41.2 Å². The van der Waals surface area contributed by atoms with Crippen molar-refractivity contribution in [3.8, 4) is 0 Å². The van der Waals surface area contributed by atoms with Crippen molar-refractivity contribution < 1.29 is 0 Å². The average Bonchev–Trinajstić information content (AvgIpc) is 2.46. The number of rotatable bonds is 4. The highest BCUT2D eigenvalue weighted by atomic mass is 15.3. The monoisotopic (exact) mass is 310 g/mol. The van der Waals surface area contributed by atoms with E-state index in [1.54, 1.807) is 0 Å². The molecule has 0 amide bonds. The molecule has 0 saturated carbocycles. The average molecular weight is 311 g/mol. The van der Waals surface area contributed by atoms with Crippen LogP contribution in [0.2, 0.25) is 0 Å². The Bertz CT molecular complexity index is 331. The fourth-order valence-electron chi connectivity index (χ4n) is 3.89. The van der Waals surface area contributed by atoms with Gasteiger partial charge in [0.05, 0.1) is 0 Å². The minimum atomic E-state index is 0.295. The van der Waals surface area contributed by atoms with E-state index >= 15 is 0 Å². The Morgan fingerprint density at radius 3 is 1.55 bits per heavy atom.